The van der Waals surface area contributed by atoms with Gasteiger partial charge in [-0.05, 0) is 43.6 Å². The van der Waals surface area contributed by atoms with Gasteiger partial charge in [-0.3, -0.25) is 0 Å². The van der Waals surface area contributed by atoms with E-state index in [4.69, 9.17) is 4.43 Å². The van der Waals surface area contributed by atoms with Crippen LogP contribution in [0.15, 0.2) is 23.5 Å². The van der Waals surface area contributed by atoms with Gasteiger partial charge in [0.2, 0.25) is 8.32 Å². The average molecular weight is 210 g/mol. The summed E-state index contributed by atoms with van der Waals surface area (Å²) in [6.07, 6.45) is 5.42. The Balaban J connectivity index is 2.70. The minimum atomic E-state index is -1.61. The molecule has 14 heavy (non-hydrogen) atoms. The smallest absolute Gasteiger partial charge is 0.250 e. The first kappa shape index (κ1) is 11.6. The molecule has 0 bridgehead atoms. The fourth-order valence-corrected chi connectivity index (χ4v) is 2.18. The largest absolute Gasteiger partial charge is 0.544 e. The summed E-state index contributed by atoms with van der Waals surface area (Å²) < 4.78 is 6.16. The van der Waals surface area contributed by atoms with E-state index in [-0.39, 0.29) is 5.04 Å². The Morgan fingerprint density at radius 3 is 2.21 bits per heavy atom. The van der Waals surface area contributed by atoms with Gasteiger partial charge in [0.05, 0.1) is 5.76 Å². The van der Waals surface area contributed by atoms with Gasteiger partial charge in [-0.15, -0.1) is 0 Å². The molecule has 0 spiro atoms. The Bertz CT molecular complexity index is 279. The topological polar surface area (TPSA) is 9.23 Å². The maximum atomic E-state index is 6.16. The molecule has 1 aliphatic carbocycles. The monoisotopic (exact) mass is 210 g/mol. The average Bonchev–Trinajstić information content (AvgIpc) is 2.31. The summed E-state index contributed by atoms with van der Waals surface area (Å²) in [5.74, 6) is 1.09. The molecule has 0 aromatic heterocycles. The van der Waals surface area contributed by atoms with Crippen LogP contribution in [0.5, 0.6) is 0 Å². The van der Waals surface area contributed by atoms with Gasteiger partial charge < -0.3 is 4.43 Å². The molecule has 1 nitrogen and oxygen atoms in total. The second kappa shape index (κ2) is 3.57. The first-order valence-corrected chi connectivity index (χ1v) is 8.19. The van der Waals surface area contributed by atoms with Crippen LogP contribution >= 0.6 is 0 Å². The molecular formula is C12H22OSi. The van der Waals surface area contributed by atoms with Crippen molar-refractivity contribution in [2.45, 2.75) is 52.2 Å². The highest BCUT2D eigenvalue weighted by molar-refractivity contribution is 6.74. The van der Waals surface area contributed by atoms with Crippen LogP contribution in [0, 0.1) is 0 Å². The second-order valence-corrected chi connectivity index (χ2v) is 10.4. The van der Waals surface area contributed by atoms with Gasteiger partial charge >= 0.3 is 0 Å². The van der Waals surface area contributed by atoms with Crippen molar-refractivity contribution in [2.24, 2.45) is 0 Å². The summed E-state index contributed by atoms with van der Waals surface area (Å²) >= 11 is 0. The van der Waals surface area contributed by atoms with Gasteiger partial charge in [-0.25, -0.2) is 0 Å². The van der Waals surface area contributed by atoms with Gasteiger partial charge in [0.25, 0.3) is 0 Å². The van der Waals surface area contributed by atoms with E-state index in [0.717, 1.165) is 12.2 Å². The Hall–Kier alpha value is -0.503. The fraction of sp³-hybridized carbons (Fsp3) is 0.667. The standard InChI is InChI=1S/C12H22OSi/c1-10-7-8-11(9-10)13-14(5,6)12(2,3)4/h8-9H,7H2,1-6H3. The van der Waals surface area contributed by atoms with E-state index in [0.29, 0.717) is 0 Å². The van der Waals surface area contributed by atoms with Crippen LogP contribution < -0.4 is 0 Å². The first-order valence-electron chi connectivity index (χ1n) is 5.29. The summed E-state index contributed by atoms with van der Waals surface area (Å²) in [4.78, 5) is 0. The summed E-state index contributed by atoms with van der Waals surface area (Å²) in [5, 5.41) is 0.290. The molecule has 1 rings (SSSR count). The lowest BCUT2D eigenvalue weighted by Gasteiger charge is -2.36. The first-order chi connectivity index (χ1) is 6.22. The molecule has 0 atom stereocenters. The van der Waals surface area contributed by atoms with Crippen LogP contribution in [0.25, 0.3) is 0 Å². The van der Waals surface area contributed by atoms with Crippen molar-refractivity contribution in [1.82, 2.24) is 0 Å². The lowest BCUT2D eigenvalue weighted by Crippen LogP contribution is -2.40. The Morgan fingerprint density at radius 2 is 1.86 bits per heavy atom. The third kappa shape index (κ3) is 2.50. The highest BCUT2D eigenvalue weighted by Gasteiger charge is 2.39. The van der Waals surface area contributed by atoms with Crippen molar-refractivity contribution < 1.29 is 4.43 Å². The van der Waals surface area contributed by atoms with Gasteiger partial charge in [0.15, 0.2) is 0 Å². The van der Waals surface area contributed by atoms with Crippen molar-refractivity contribution in [3.05, 3.63) is 23.5 Å². The van der Waals surface area contributed by atoms with Gasteiger partial charge in [-0.1, -0.05) is 26.3 Å². The predicted octanol–water partition coefficient (Wildman–Crippen LogP) is 4.24. The van der Waals surface area contributed by atoms with E-state index in [1.165, 1.54) is 5.57 Å². The van der Waals surface area contributed by atoms with E-state index >= 15 is 0 Å². The van der Waals surface area contributed by atoms with E-state index in [9.17, 15) is 0 Å². The minimum Gasteiger partial charge on any atom is -0.544 e. The quantitative estimate of drug-likeness (QED) is 0.619. The molecule has 0 fully saturated rings. The number of rotatable bonds is 2. The van der Waals surface area contributed by atoms with Crippen LogP contribution in [0.4, 0.5) is 0 Å². The summed E-state index contributed by atoms with van der Waals surface area (Å²) in [6, 6.07) is 0. The van der Waals surface area contributed by atoms with E-state index < -0.39 is 8.32 Å². The highest BCUT2D eigenvalue weighted by Crippen LogP contribution is 2.38. The lowest BCUT2D eigenvalue weighted by molar-refractivity contribution is 0.400. The molecule has 80 valence electrons. The Morgan fingerprint density at radius 1 is 1.29 bits per heavy atom. The van der Waals surface area contributed by atoms with Crippen molar-refractivity contribution in [2.75, 3.05) is 0 Å². The maximum Gasteiger partial charge on any atom is 0.250 e. The lowest BCUT2D eigenvalue weighted by atomic mass is 10.2. The van der Waals surface area contributed by atoms with Crippen molar-refractivity contribution in [3.63, 3.8) is 0 Å². The number of hydrogen-bond acceptors (Lipinski definition) is 1. The van der Waals surface area contributed by atoms with Crippen molar-refractivity contribution in [3.8, 4) is 0 Å². The summed E-state index contributed by atoms with van der Waals surface area (Å²) in [6.45, 7) is 13.5. The molecule has 0 heterocycles. The molecule has 0 saturated carbocycles. The zero-order valence-corrected chi connectivity index (χ0v) is 11.3. The minimum absolute atomic E-state index is 0.290. The van der Waals surface area contributed by atoms with E-state index in [1.807, 2.05) is 0 Å². The van der Waals surface area contributed by atoms with Crippen LogP contribution in [0.3, 0.4) is 0 Å². The second-order valence-electron chi connectivity index (χ2n) is 5.66. The molecule has 0 saturated heterocycles. The summed E-state index contributed by atoms with van der Waals surface area (Å²) in [7, 11) is -1.61. The molecule has 0 aliphatic heterocycles. The van der Waals surface area contributed by atoms with Gasteiger partial charge in [0, 0.05) is 0 Å². The van der Waals surface area contributed by atoms with Crippen LogP contribution in [-0.2, 0) is 4.43 Å². The molecule has 0 N–H and O–H groups in total. The van der Waals surface area contributed by atoms with Crippen LogP contribution in [0.1, 0.15) is 34.1 Å². The van der Waals surface area contributed by atoms with E-state index in [2.05, 4.69) is 52.9 Å². The van der Waals surface area contributed by atoms with Crippen LogP contribution in [-0.4, -0.2) is 8.32 Å². The molecule has 0 amide bonds. The van der Waals surface area contributed by atoms with Crippen molar-refractivity contribution >= 4 is 8.32 Å². The molecule has 0 aromatic rings. The maximum absolute atomic E-state index is 6.16. The third-order valence-corrected chi connectivity index (χ3v) is 7.55. The molecular weight excluding hydrogens is 188 g/mol. The zero-order chi connectivity index (χ0) is 11.0. The Labute approximate surface area is 89.0 Å². The summed E-state index contributed by atoms with van der Waals surface area (Å²) in [5.41, 5.74) is 1.40. The molecule has 1 aliphatic rings. The molecule has 0 unspecified atom stereocenters. The van der Waals surface area contributed by atoms with Crippen molar-refractivity contribution in [1.29, 1.82) is 0 Å². The highest BCUT2D eigenvalue weighted by atomic mass is 28.4. The third-order valence-electron chi connectivity index (χ3n) is 3.19. The normalized spacial score (nSPS) is 17.9. The number of hydrogen-bond donors (Lipinski definition) is 0. The molecule has 0 aromatic carbocycles. The Kier molecular flexibility index (Phi) is 2.95. The number of allylic oxidation sites excluding steroid dienone is 3. The van der Waals surface area contributed by atoms with Gasteiger partial charge in [-0.2, -0.15) is 0 Å². The van der Waals surface area contributed by atoms with E-state index in [1.54, 1.807) is 0 Å². The predicted molar refractivity (Wildman–Crippen MR) is 64.7 cm³/mol. The zero-order valence-electron chi connectivity index (χ0n) is 10.3. The van der Waals surface area contributed by atoms with Crippen LogP contribution in [0.2, 0.25) is 18.1 Å². The van der Waals surface area contributed by atoms with Gasteiger partial charge in [0.1, 0.15) is 0 Å². The molecule has 0 radical (unpaired) electrons. The molecule has 2 heteroatoms. The fourth-order valence-electron chi connectivity index (χ4n) is 1.14. The SMILES string of the molecule is CC1=CC(O[Si](C)(C)C(C)(C)C)=CC1.